The van der Waals surface area contributed by atoms with Crippen LogP contribution in [0.3, 0.4) is 0 Å². The molecule has 2 aromatic rings. The van der Waals surface area contributed by atoms with Crippen molar-refractivity contribution in [2.45, 2.75) is 38.3 Å². The summed E-state index contributed by atoms with van der Waals surface area (Å²) in [5.74, 6) is 0.0920. The standard InChI is InChI=1S/C17H20N2OS/c1-11-6-7-13(21-11)8-9-16(20)19-15-10-12-4-2-3-5-14(12)17(15)18/h2-7,15,17H,8-10,18H2,1H3,(H,19,20)/t15-,17-/m1/s1. The Hall–Kier alpha value is -1.65. The fraction of sp³-hybridized carbons (Fsp3) is 0.353. The van der Waals surface area contributed by atoms with Crippen molar-refractivity contribution in [2.24, 2.45) is 5.73 Å². The molecule has 4 heteroatoms. The van der Waals surface area contributed by atoms with Gasteiger partial charge in [0.25, 0.3) is 0 Å². The van der Waals surface area contributed by atoms with Crippen LogP contribution in [0.25, 0.3) is 0 Å². The van der Waals surface area contributed by atoms with Crippen LogP contribution < -0.4 is 11.1 Å². The van der Waals surface area contributed by atoms with Gasteiger partial charge in [0.15, 0.2) is 0 Å². The maximum absolute atomic E-state index is 12.1. The van der Waals surface area contributed by atoms with Crippen molar-refractivity contribution < 1.29 is 4.79 Å². The van der Waals surface area contributed by atoms with Gasteiger partial charge in [0.2, 0.25) is 5.91 Å². The molecule has 3 nitrogen and oxygen atoms in total. The number of hydrogen-bond donors (Lipinski definition) is 2. The summed E-state index contributed by atoms with van der Waals surface area (Å²) >= 11 is 1.76. The Balaban J connectivity index is 1.54. The molecule has 0 radical (unpaired) electrons. The van der Waals surface area contributed by atoms with Crippen LogP contribution in [-0.4, -0.2) is 11.9 Å². The van der Waals surface area contributed by atoms with Gasteiger partial charge in [0.05, 0.1) is 12.1 Å². The summed E-state index contributed by atoms with van der Waals surface area (Å²) in [5, 5.41) is 3.09. The van der Waals surface area contributed by atoms with Crippen LogP contribution in [0.4, 0.5) is 0 Å². The number of benzene rings is 1. The van der Waals surface area contributed by atoms with Crippen molar-refractivity contribution in [3.05, 3.63) is 57.3 Å². The third-order valence-electron chi connectivity index (χ3n) is 4.03. The predicted octanol–water partition coefficient (Wildman–Crippen LogP) is 2.73. The molecule has 0 unspecified atom stereocenters. The average molecular weight is 300 g/mol. The minimum absolute atomic E-state index is 0.0278. The van der Waals surface area contributed by atoms with Gasteiger partial charge in [-0.1, -0.05) is 24.3 Å². The zero-order valence-electron chi connectivity index (χ0n) is 12.1. The highest BCUT2D eigenvalue weighted by Crippen LogP contribution is 2.29. The second-order valence-corrected chi connectivity index (χ2v) is 6.99. The number of nitrogens with one attached hydrogen (secondary N) is 1. The Morgan fingerprint density at radius 2 is 2.14 bits per heavy atom. The Morgan fingerprint density at radius 1 is 1.33 bits per heavy atom. The van der Waals surface area contributed by atoms with Gasteiger partial charge in [0.1, 0.15) is 0 Å². The summed E-state index contributed by atoms with van der Waals surface area (Å²) in [4.78, 5) is 14.7. The van der Waals surface area contributed by atoms with Gasteiger partial charge >= 0.3 is 0 Å². The zero-order chi connectivity index (χ0) is 14.8. The van der Waals surface area contributed by atoms with Gasteiger partial charge in [-0.3, -0.25) is 4.79 Å². The van der Waals surface area contributed by atoms with Gasteiger partial charge in [-0.05, 0) is 43.0 Å². The highest BCUT2D eigenvalue weighted by Gasteiger charge is 2.30. The molecule has 2 atom stereocenters. The summed E-state index contributed by atoms with van der Waals surface area (Å²) < 4.78 is 0. The molecular formula is C17H20N2OS. The molecule has 1 heterocycles. The second kappa shape index (κ2) is 6.00. The Kier molecular flexibility index (Phi) is 4.08. The molecule has 0 aliphatic heterocycles. The Bertz CT molecular complexity index is 650. The number of rotatable bonds is 4. The van der Waals surface area contributed by atoms with Crippen LogP contribution in [0, 0.1) is 6.92 Å². The van der Waals surface area contributed by atoms with E-state index < -0.39 is 0 Å². The van der Waals surface area contributed by atoms with Crippen molar-refractivity contribution in [1.82, 2.24) is 5.32 Å². The molecule has 0 saturated carbocycles. The molecule has 1 aliphatic carbocycles. The number of amides is 1. The van der Waals surface area contributed by atoms with E-state index in [0.29, 0.717) is 6.42 Å². The maximum Gasteiger partial charge on any atom is 0.220 e. The lowest BCUT2D eigenvalue weighted by Crippen LogP contribution is -2.40. The SMILES string of the molecule is Cc1ccc(CCC(=O)N[C@@H]2Cc3ccccc3[C@H]2N)s1. The van der Waals surface area contributed by atoms with Gasteiger partial charge < -0.3 is 11.1 Å². The Labute approximate surface area is 129 Å². The van der Waals surface area contributed by atoms with Crippen molar-refractivity contribution >= 4 is 17.2 Å². The summed E-state index contributed by atoms with van der Waals surface area (Å²) in [7, 11) is 0. The molecule has 110 valence electrons. The zero-order valence-corrected chi connectivity index (χ0v) is 13.0. The first-order chi connectivity index (χ1) is 10.1. The number of aryl methyl sites for hydroxylation is 2. The van der Waals surface area contributed by atoms with Gasteiger partial charge in [0, 0.05) is 16.2 Å². The van der Waals surface area contributed by atoms with E-state index in [-0.39, 0.29) is 18.0 Å². The van der Waals surface area contributed by atoms with E-state index >= 15 is 0 Å². The van der Waals surface area contributed by atoms with E-state index in [1.54, 1.807) is 11.3 Å². The second-order valence-electron chi connectivity index (χ2n) is 5.62. The van der Waals surface area contributed by atoms with Crippen molar-refractivity contribution in [3.63, 3.8) is 0 Å². The molecule has 1 aromatic heterocycles. The van der Waals surface area contributed by atoms with Crippen molar-refractivity contribution in [1.29, 1.82) is 0 Å². The van der Waals surface area contributed by atoms with Crippen LogP contribution in [0.5, 0.6) is 0 Å². The number of carbonyl (C=O) groups is 1. The van der Waals surface area contributed by atoms with Crippen LogP contribution >= 0.6 is 11.3 Å². The Morgan fingerprint density at radius 3 is 2.86 bits per heavy atom. The highest BCUT2D eigenvalue weighted by molar-refractivity contribution is 7.11. The molecular weight excluding hydrogens is 280 g/mol. The predicted molar refractivity (Wildman–Crippen MR) is 86.4 cm³/mol. The number of carbonyl (C=O) groups excluding carboxylic acids is 1. The first kappa shape index (κ1) is 14.3. The molecule has 1 aromatic carbocycles. The van der Waals surface area contributed by atoms with Crippen molar-refractivity contribution in [2.75, 3.05) is 0 Å². The molecule has 3 N–H and O–H groups in total. The largest absolute Gasteiger partial charge is 0.351 e. The molecule has 0 saturated heterocycles. The molecule has 0 fully saturated rings. The summed E-state index contributed by atoms with van der Waals surface area (Å²) in [5.41, 5.74) is 8.65. The van der Waals surface area contributed by atoms with Gasteiger partial charge in [-0.15, -0.1) is 11.3 Å². The number of hydrogen-bond acceptors (Lipinski definition) is 3. The van der Waals surface area contributed by atoms with Crippen LogP contribution in [0.15, 0.2) is 36.4 Å². The molecule has 0 bridgehead atoms. The van der Waals surface area contributed by atoms with E-state index in [2.05, 4.69) is 36.5 Å². The number of fused-ring (bicyclic) bond motifs is 1. The highest BCUT2D eigenvalue weighted by atomic mass is 32.1. The van der Waals surface area contributed by atoms with E-state index in [9.17, 15) is 4.79 Å². The molecule has 1 amide bonds. The lowest BCUT2D eigenvalue weighted by molar-refractivity contribution is -0.121. The first-order valence-electron chi connectivity index (χ1n) is 7.31. The maximum atomic E-state index is 12.1. The summed E-state index contributed by atoms with van der Waals surface area (Å²) in [6.07, 6.45) is 2.17. The monoisotopic (exact) mass is 300 g/mol. The summed E-state index contributed by atoms with van der Waals surface area (Å²) in [6.45, 7) is 2.09. The summed E-state index contributed by atoms with van der Waals surface area (Å²) in [6, 6.07) is 12.3. The molecule has 21 heavy (non-hydrogen) atoms. The number of thiophene rings is 1. The lowest BCUT2D eigenvalue weighted by atomic mass is 10.1. The van der Waals surface area contributed by atoms with E-state index in [1.165, 1.54) is 15.3 Å². The van der Waals surface area contributed by atoms with Crippen LogP contribution in [0.2, 0.25) is 0 Å². The average Bonchev–Trinajstić information content (AvgIpc) is 3.02. The third kappa shape index (κ3) is 3.17. The first-order valence-corrected chi connectivity index (χ1v) is 8.13. The number of nitrogens with two attached hydrogens (primary N) is 1. The minimum Gasteiger partial charge on any atom is -0.351 e. The van der Waals surface area contributed by atoms with Crippen LogP contribution in [-0.2, 0) is 17.6 Å². The van der Waals surface area contributed by atoms with Gasteiger partial charge in [-0.25, -0.2) is 0 Å². The van der Waals surface area contributed by atoms with E-state index in [4.69, 9.17) is 5.73 Å². The smallest absolute Gasteiger partial charge is 0.220 e. The fourth-order valence-electron chi connectivity index (χ4n) is 2.90. The third-order valence-corrected chi connectivity index (χ3v) is 5.09. The van der Waals surface area contributed by atoms with Gasteiger partial charge in [-0.2, -0.15) is 0 Å². The quantitative estimate of drug-likeness (QED) is 0.912. The minimum atomic E-state index is -0.0888. The topological polar surface area (TPSA) is 55.1 Å². The fourth-order valence-corrected chi connectivity index (χ4v) is 3.79. The van der Waals surface area contributed by atoms with E-state index in [1.807, 2.05) is 12.1 Å². The molecule has 1 aliphatic rings. The van der Waals surface area contributed by atoms with Crippen molar-refractivity contribution in [3.8, 4) is 0 Å². The molecule has 0 spiro atoms. The van der Waals surface area contributed by atoms with Crippen LogP contribution in [0.1, 0.15) is 33.3 Å². The molecule has 3 rings (SSSR count). The normalized spacial score (nSPS) is 20.3. The van der Waals surface area contributed by atoms with E-state index in [0.717, 1.165) is 18.4 Å². The lowest BCUT2D eigenvalue weighted by Gasteiger charge is -2.17.